The van der Waals surface area contributed by atoms with Crippen LogP contribution in [0.5, 0.6) is 0 Å². The molecular formula is C16H25N3O. The minimum atomic E-state index is 0.380. The summed E-state index contributed by atoms with van der Waals surface area (Å²) in [5.74, 6) is 1.08. The van der Waals surface area contributed by atoms with Crippen LogP contribution in [0.3, 0.4) is 0 Å². The summed E-state index contributed by atoms with van der Waals surface area (Å²) in [7, 11) is 0. The highest BCUT2D eigenvalue weighted by molar-refractivity contribution is 5.39. The predicted molar refractivity (Wildman–Crippen MR) is 81.0 cm³/mol. The summed E-state index contributed by atoms with van der Waals surface area (Å²) in [5.41, 5.74) is 1.14. The van der Waals surface area contributed by atoms with Crippen molar-refractivity contribution >= 4 is 5.82 Å². The van der Waals surface area contributed by atoms with Crippen LogP contribution >= 0.6 is 0 Å². The summed E-state index contributed by atoms with van der Waals surface area (Å²) in [6.07, 6.45) is 5.39. The molecule has 1 N–H and O–H groups in total. The van der Waals surface area contributed by atoms with Crippen molar-refractivity contribution < 1.29 is 4.74 Å². The maximum absolute atomic E-state index is 5.74. The SMILES string of the molecule is CCN(CC1CCCO1)c1cccc(CNC2CC2)n1. The minimum Gasteiger partial charge on any atom is -0.376 e. The van der Waals surface area contributed by atoms with E-state index in [0.29, 0.717) is 6.10 Å². The van der Waals surface area contributed by atoms with E-state index in [0.717, 1.165) is 43.8 Å². The van der Waals surface area contributed by atoms with Crippen molar-refractivity contribution in [2.45, 2.75) is 51.3 Å². The standard InChI is InChI=1S/C16H25N3O/c1-2-19(12-15-6-4-10-20-15)16-7-3-5-14(18-16)11-17-13-8-9-13/h3,5,7,13,15,17H,2,4,6,8-12H2,1H3. The molecule has 0 spiro atoms. The molecule has 4 heteroatoms. The van der Waals surface area contributed by atoms with Gasteiger partial charge < -0.3 is 15.0 Å². The van der Waals surface area contributed by atoms with E-state index in [9.17, 15) is 0 Å². The highest BCUT2D eigenvalue weighted by atomic mass is 16.5. The van der Waals surface area contributed by atoms with Gasteiger partial charge in [0, 0.05) is 32.3 Å². The number of hydrogen-bond acceptors (Lipinski definition) is 4. The molecule has 1 aromatic rings. The molecule has 1 saturated carbocycles. The zero-order valence-corrected chi connectivity index (χ0v) is 12.3. The molecule has 1 atom stereocenters. The third-order valence-corrected chi connectivity index (χ3v) is 4.09. The average molecular weight is 275 g/mol. The van der Waals surface area contributed by atoms with Gasteiger partial charge in [-0.25, -0.2) is 4.98 Å². The second-order valence-electron chi connectivity index (χ2n) is 5.82. The number of rotatable bonds is 7. The summed E-state index contributed by atoms with van der Waals surface area (Å²) >= 11 is 0. The third kappa shape index (κ3) is 3.70. The van der Waals surface area contributed by atoms with Gasteiger partial charge >= 0.3 is 0 Å². The second-order valence-corrected chi connectivity index (χ2v) is 5.82. The Morgan fingerprint density at radius 3 is 2.95 bits per heavy atom. The van der Waals surface area contributed by atoms with Gasteiger partial charge in [0.2, 0.25) is 0 Å². The molecule has 2 heterocycles. The first kappa shape index (κ1) is 13.8. The first-order valence-corrected chi connectivity index (χ1v) is 7.91. The summed E-state index contributed by atoms with van der Waals surface area (Å²) in [5, 5.41) is 3.52. The van der Waals surface area contributed by atoms with Crippen LogP contribution in [0.4, 0.5) is 5.82 Å². The van der Waals surface area contributed by atoms with Gasteiger partial charge in [0.25, 0.3) is 0 Å². The fraction of sp³-hybridized carbons (Fsp3) is 0.688. The fourth-order valence-electron chi connectivity index (χ4n) is 2.70. The van der Waals surface area contributed by atoms with Crippen molar-refractivity contribution in [1.82, 2.24) is 10.3 Å². The van der Waals surface area contributed by atoms with Gasteiger partial charge in [0.1, 0.15) is 5.82 Å². The van der Waals surface area contributed by atoms with Gasteiger partial charge in [-0.3, -0.25) is 0 Å². The second kappa shape index (κ2) is 6.55. The lowest BCUT2D eigenvalue weighted by atomic mass is 10.2. The molecule has 3 rings (SSSR count). The van der Waals surface area contributed by atoms with Crippen LogP contribution in [0.1, 0.15) is 38.3 Å². The molecule has 2 aliphatic rings. The van der Waals surface area contributed by atoms with Crippen LogP contribution in [0.25, 0.3) is 0 Å². The molecule has 2 fully saturated rings. The highest BCUT2D eigenvalue weighted by Gasteiger charge is 2.21. The van der Waals surface area contributed by atoms with Crippen molar-refractivity contribution in [3.8, 4) is 0 Å². The van der Waals surface area contributed by atoms with E-state index in [1.165, 1.54) is 25.7 Å². The van der Waals surface area contributed by atoms with Crippen LogP contribution in [0, 0.1) is 0 Å². The first-order valence-electron chi connectivity index (χ1n) is 7.91. The summed E-state index contributed by atoms with van der Waals surface area (Å²) < 4.78 is 5.74. The minimum absolute atomic E-state index is 0.380. The van der Waals surface area contributed by atoms with Gasteiger partial charge in [0.15, 0.2) is 0 Å². The molecule has 1 saturated heterocycles. The maximum Gasteiger partial charge on any atom is 0.128 e. The Labute approximate surface area is 121 Å². The van der Waals surface area contributed by atoms with E-state index in [-0.39, 0.29) is 0 Å². The van der Waals surface area contributed by atoms with Crippen LogP contribution in [0.15, 0.2) is 18.2 Å². The zero-order chi connectivity index (χ0) is 13.8. The molecule has 1 aliphatic heterocycles. The van der Waals surface area contributed by atoms with Crippen LogP contribution in [-0.4, -0.2) is 36.8 Å². The molecule has 0 radical (unpaired) electrons. The Bertz CT molecular complexity index is 427. The molecule has 1 aliphatic carbocycles. The fourth-order valence-corrected chi connectivity index (χ4v) is 2.70. The molecule has 20 heavy (non-hydrogen) atoms. The lowest BCUT2D eigenvalue weighted by Crippen LogP contribution is -2.32. The molecule has 0 bridgehead atoms. The molecule has 110 valence electrons. The van der Waals surface area contributed by atoms with Crippen molar-refractivity contribution in [3.05, 3.63) is 23.9 Å². The number of nitrogens with one attached hydrogen (secondary N) is 1. The number of likely N-dealkylation sites (N-methyl/N-ethyl adjacent to an activating group) is 1. The molecule has 1 aromatic heterocycles. The van der Waals surface area contributed by atoms with E-state index in [1.54, 1.807) is 0 Å². The number of nitrogens with zero attached hydrogens (tertiary/aromatic N) is 2. The smallest absolute Gasteiger partial charge is 0.128 e. The summed E-state index contributed by atoms with van der Waals surface area (Å²) in [6.45, 7) is 5.93. The van der Waals surface area contributed by atoms with Crippen molar-refractivity contribution in [3.63, 3.8) is 0 Å². The highest BCUT2D eigenvalue weighted by Crippen LogP contribution is 2.20. The normalized spacial score (nSPS) is 22.1. The van der Waals surface area contributed by atoms with Crippen LogP contribution in [-0.2, 0) is 11.3 Å². The van der Waals surface area contributed by atoms with Gasteiger partial charge in [-0.1, -0.05) is 6.07 Å². The number of aromatic nitrogens is 1. The van der Waals surface area contributed by atoms with E-state index >= 15 is 0 Å². The van der Waals surface area contributed by atoms with Gasteiger partial charge in [-0.15, -0.1) is 0 Å². The Hall–Kier alpha value is -1.13. The topological polar surface area (TPSA) is 37.4 Å². The van der Waals surface area contributed by atoms with Crippen molar-refractivity contribution in [2.24, 2.45) is 0 Å². The summed E-state index contributed by atoms with van der Waals surface area (Å²) in [6, 6.07) is 7.07. The largest absolute Gasteiger partial charge is 0.376 e. The Kier molecular flexibility index (Phi) is 4.53. The van der Waals surface area contributed by atoms with Gasteiger partial charge in [0.05, 0.1) is 11.8 Å². The number of ether oxygens (including phenoxy) is 1. The Balaban J connectivity index is 1.61. The van der Waals surface area contributed by atoms with Crippen LogP contribution < -0.4 is 10.2 Å². The summed E-state index contributed by atoms with van der Waals surface area (Å²) in [4.78, 5) is 7.12. The van der Waals surface area contributed by atoms with E-state index in [1.807, 2.05) is 0 Å². The molecular weight excluding hydrogens is 250 g/mol. The molecule has 0 aromatic carbocycles. The lowest BCUT2D eigenvalue weighted by molar-refractivity contribution is 0.115. The van der Waals surface area contributed by atoms with Gasteiger partial charge in [-0.05, 0) is 44.7 Å². The van der Waals surface area contributed by atoms with Gasteiger partial charge in [-0.2, -0.15) is 0 Å². The van der Waals surface area contributed by atoms with Crippen molar-refractivity contribution in [1.29, 1.82) is 0 Å². The third-order valence-electron chi connectivity index (χ3n) is 4.09. The lowest BCUT2D eigenvalue weighted by Gasteiger charge is -2.25. The van der Waals surface area contributed by atoms with Crippen molar-refractivity contribution in [2.75, 3.05) is 24.6 Å². The zero-order valence-electron chi connectivity index (χ0n) is 12.3. The Morgan fingerprint density at radius 1 is 1.35 bits per heavy atom. The number of hydrogen-bond donors (Lipinski definition) is 1. The van der Waals surface area contributed by atoms with E-state index in [2.05, 4.69) is 35.3 Å². The number of pyridine rings is 1. The quantitative estimate of drug-likeness (QED) is 0.829. The predicted octanol–water partition coefficient (Wildman–Crippen LogP) is 2.34. The van der Waals surface area contributed by atoms with E-state index in [4.69, 9.17) is 9.72 Å². The molecule has 0 amide bonds. The number of anilines is 1. The Morgan fingerprint density at radius 2 is 2.25 bits per heavy atom. The van der Waals surface area contributed by atoms with E-state index < -0.39 is 0 Å². The molecule has 4 nitrogen and oxygen atoms in total. The monoisotopic (exact) mass is 275 g/mol. The van der Waals surface area contributed by atoms with Crippen LogP contribution in [0.2, 0.25) is 0 Å². The average Bonchev–Trinajstić information content (AvgIpc) is 3.18. The maximum atomic E-state index is 5.74. The molecule has 1 unspecified atom stereocenters. The first-order chi connectivity index (χ1) is 9.85.